The number of carbonyl (C=O) groups is 1. The lowest BCUT2D eigenvalue weighted by molar-refractivity contribution is 0.102. The number of aryl methyl sites for hydroxylation is 1. The van der Waals surface area contributed by atoms with Gasteiger partial charge in [-0.15, -0.1) is 11.3 Å². The first-order valence-corrected chi connectivity index (χ1v) is 12.8. The fraction of sp³-hybridized carbons (Fsp3) is 0.0800. The molecule has 0 saturated carbocycles. The number of hydrogen-bond acceptors (Lipinski definition) is 4. The molecule has 0 unspecified atom stereocenters. The molecule has 0 radical (unpaired) electrons. The summed E-state index contributed by atoms with van der Waals surface area (Å²) in [7, 11) is -2.57. The van der Waals surface area contributed by atoms with Crippen LogP contribution in [0.4, 0.5) is 11.4 Å². The van der Waals surface area contributed by atoms with Crippen molar-refractivity contribution < 1.29 is 13.2 Å². The van der Waals surface area contributed by atoms with Gasteiger partial charge in [0.15, 0.2) is 0 Å². The van der Waals surface area contributed by atoms with Crippen molar-refractivity contribution in [1.29, 1.82) is 0 Å². The number of anilines is 2. The minimum Gasteiger partial charge on any atom is -0.321 e. The first-order valence-electron chi connectivity index (χ1n) is 10.1. The van der Waals surface area contributed by atoms with Gasteiger partial charge in [0.25, 0.3) is 15.9 Å². The molecule has 8 heteroatoms. The number of thiophene rings is 1. The molecule has 0 spiro atoms. The molecule has 0 atom stereocenters. The van der Waals surface area contributed by atoms with Gasteiger partial charge in [0.1, 0.15) is 9.77 Å². The zero-order chi connectivity index (χ0) is 23.6. The van der Waals surface area contributed by atoms with Crippen LogP contribution in [0.5, 0.6) is 0 Å². The van der Waals surface area contributed by atoms with Gasteiger partial charge in [-0.25, -0.2) is 8.42 Å². The van der Waals surface area contributed by atoms with Crippen molar-refractivity contribution >= 4 is 50.2 Å². The normalized spacial score (nSPS) is 11.2. The van der Waals surface area contributed by atoms with E-state index in [9.17, 15) is 13.2 Å². The van der Waals surface area contributed by atoms with Gasteiger partial charge in [0.2, 0.25) is 0 Å². The molecule has 4 rings (SSSR count). The van der Waals surface area contributed by atoms with Gasteiger partial charge in [-0.2, -0.15) is 0 Å². The Bertz CT molecular complexity index is 1400. The number of rotatable bonds is 6. The predicted molar refractivity (Wildman–Crippen MR) is 136 cm³/mol. The Hall–Kier alpha value is -3.13. The lowest BCUT2D eigenvalue weighted by atomic mass is 10.1. The lowest BCUT2D eigenvalue weighted by Gasteiger charge is -2.21. The molecule has 0 aliphatic carbocycles. The van der Waals surface area contributed by atoms with E-state index < -0.39 is 15.9 Å². The molecule has 1 N–H and O–H groups in total. The van der Waals surface area contributed by atoms with E-state index in [0.717, 1.165) is 16.9 Å². The monoisotopic (exact) mass is 496 g/mol. The fourth-order valence-electron chi connectivity index (χ4n) is 3.36. The number of nitrogens with zero attached hydrogens (tertiary/aromatic N) is 1. The minimum absolute atomic E-state index is 0.0266. The van der Waals surface area contributed by atoms with Crippen LogP contribution < -0.4 is 9.62 Å². The van der Waals surface area contributed by atoms with Gasteiger partial charge in [0, 0.05) is 28.7 Å². The molecule has 0 bridgehead atoms. The van der Waals surface area contributed by atoms with E-state index in [0.29, 0.717) is 27.5 Å². The first kappa shape index (κ1) is 23.0. The summed E-state index contributed by atoms with van der Waals surface area (Å²) in [6.07, 6.45) is 0. The number of amides is 1. The topological polar surface area (TPSA) is 66.5 Å². The molecule has 33 heavy (non-hydrogen) atoms. The van der Waals surface area contributed by atoms with E-state index >= 15 is 0 Å². The molecule has 4 aromatic rings. The van der Waals surface area contributed by atoms with Crippen molar-refractivity contribution in [3.63, 3.8) is 0 Å². The van der Waals surface area contributed by atoms with Crippen molar-refractivity contribution in [1.82, 2.24) is 0 Å². The molecule has 0 fully saturated rings. The summed E-state index contributed by atoms with van der Waals surface area (Å²) in [6.45, 7) is 1.93. The van der Waals surface area contributed by atoms with E-state index in [4.69, 9.17) is 11.6 Å². The van der Waals surface area contributed by atoms with Crippen LogP contribution in [0.3, 0.4) is 0 Å². The summed E-state index contributed by atoms with van der Waals surface area (Å²) in [5.41, 5.74) is 3.21. The fourth-order valence-corrected chi connectivity index (χ4v) is 6.41. The molecule has 0 saturated heterocycles. The lowest BCUT2D eigenvalue weighted by Crippen LogP contribution is -2.28. The zero-order valence-electron chi connectivity index (χ0n) is 17.9. The van der Waals surface area contributed by atoms with Gasteiger partial charge in [0.05, 0.1) is 5.69 Å². The number of hydrogen-bond donors (Lipinski definition) is 1. The van der Waals surface area contributed by atoms with Crippen LogP contribution in [0.25, 0.3) is 11.1 Å². The van der Waals surface area contributed by atoms with Crippen LogP contribution in [0.15, 0.2) is 89.1 Å². The van der Waals surface area contributed by atoms with E-state index in [1.54, 1.807) is 41.8 Å². The van der Waals surface area contributed by atoms with Crippen LogP contribution in [-0.2, 0) is 10.0 Å². The van der Waals surface area contributed by atoms with Gasteiger partial charge in [-0.3, -0.25) is 9.10 Å². The molecule has 1 aromatic heterocycles. The second-order valence-corrected chi connectivity index (χ2v) is 10.7. The van der Waals surface area contributed by atoms with Crippen LogP contribution in [0, 0.1) is 6.92 Å². The molecule has 1 heterocycles. The Morgan fingerprint density at radius 1 is 0.970 bits per heavy atom. The summed E-state index contributed by atoms with van der Waals surface area (Å²) >= 11 is 7.13. The van der Waals surface area contributed by atoms with Gasteiger partial charge in [-0.1, -0.05) is 65.7 Å². The largest absolute Gasteiger partial charge is 0.321 e. The highest BCUT2D eigenvalue weighted by atomic mass is 35.5. The Kier molecular flexibility index (Phi) is 6.56. The summed E-state index contributed by atoms with van der Waals surface area (Å²) in [6, 6.07) is 23.1. The number of nitrogens with one attached hydrogen (secondary N) is 1. The molecule has 1 amide bonds. The smallest absolute Gasteiger partial charge is 0.267 e. The average Bonchev–Trinajstić information content (AvgIpc) is 3.26. The SMILES string of the molecule is Cc1ccc(N(C)S(=O)(=O)c2c(-c3ccccc3)csc2C(=O)Nc2cccc(Cl)c2)cc1. The van der Waals surface area contributed by atoms with Gasteiger partial charge in [-0.05, 0) is 42.8 Å². The first-order chi connectivity index (χ1) is 15.8. The van der Waals surface area contributed by atoms with E-state index in [1.807, 2.05) is 49.4 Å². The highest BCUT2D eigenvalue weighted by Gasteiger charge is 2.32. The maximum absolute atomic E-state index is 13.8. The maximum atomic E-state index is 13.8. The third kappa shape index (κ3) is 4.80. The average molecular weight is 497 g/mol. The van der Waals surface area contributed by atoms with E-state index in [2.05, 4.69) is 5.32 Å². The maximum Gasteiger partial charge on any atom is 0.267 e. The van der Waals surface area contributed by atoms with Crippen molar-refractivity contribution in [3.8, 4) is 11.1 Å². The van der Waals surface area contributed by atoms with Crippen LogP contribution >= 0.6 is 22.9 Å². The molecule has 0 aliphatic heterocycles. The van der Waals surface area contributed by atoms with Crippen LogP contribution in [0.2, 0.25) is 5.02 Å². The summed E-state index contributed by atoms with van der Waals surface area (Å²) in [5, 5.41) is 4.94. The third-order valence-electron chi connectivity index (χ3n) is 5.14. The number of carbonyl (C=O) groups excluding carboxylic acids is 1. The molecular weight excluding hydrogens is 476 g/mol. The van der Waals surface area contributed by atoms with Gasteiger partial charge >= 0.3 is 0 Å². The van der Waals surface area contributed by atoms with Crippen molar-refractivity contribution in [2.75, 3.05) is 16.7 Å². The molecule has 5 nitrogen and oxygen atoms in total. The standard InChI is InChI=1S/C25H21ClN2O3S2/c1-17-11-13-21(14-12-17)28(2)33(30,31)24-22(18-7-4-3-5-8-18)16-32-23(24)25(29)27-20-10-6-9-19(26)15-20/h3-16H,1-2H3,(H,27,29). The summed E-state index contributed by atoms with van der Waals surface area (Å²) in [5.74, 6) is -0.514. The van der Waals surface area contributed by atoms with E-state index in [1.165, 1.54) is 11.4 Å². The minimum atomic E-state index is -4.06. The highest BCUT2D eigenvalue weighted by molar-refractivity contribution is 7.93. The van der Waals surface area contributed by atoms with Crippen molar-refractivity contribution in [2.24, 2.45) is 0 Å². The quantitative estimate of drug-likeness (QED) is 0.333. The molecule has 3 aromatic carbocycles. The predicted octanol–water partition coefficient (Wildman–Crippen LogP) is 6.45. The zero-order valence-corrected chi connectivity index (χ0v) is 20.3. The van der Waals surface area contributed by atoms with Crippen LogP contribution in [0.1, 0.15) is 15.2 Å². The van der Waals surface area contributed by atoms with Crippen LogP contribution in [-0.4, -0.2) is 21.4 Å². The number of halogens is 1. The van der Waals surface area contributed by atoms with Gasteiger partial charge < -0.3 is 5.32 Å². The molecular formula is C25H21ClN2O3S2. The molecule has 168 valence electrons. The summed E-state index contributed by atoms with van der Waals surface area (Å²) in [4.78, 5) is 13.3. The second-order valence-electron chi connectivity index (χ2n) is 7.45. The number of benzene rings is 3. The van der Waals surface area contributed by atoms with Crippen molar-refractivity contribution in [3.05, 3.63) is 99.7 Å². The summed E-state index contributed by atoms with van der Waals surface area (Å²) < 4.78 is 28.9. The molecule has 0 aliphatic rings. The van der Waals surface area contributed by atoms with Crippen molar-refractivity contribution in [2.45, 2.75) is 11.8 Å². The Morgan fingerprint density at radius 2 is 1.67 bits per heavy atom. The third-order valence-corrected chi connectivity index (χ3v) is 8.35. The Labute approximate surface area is 202 Å². The number of sulfonamides is 1. The Balaban J connectivity index is 1.83. The van der Waals surface area contributed by atoms with E-state index in [-0.39, 0.29) is 9.77 Å². The Morgan fingerprint density at radius 3 is 2.33 bits per heavy atom. The highest BCUT2D eigenvalue weighted by Crippen LogP contribution is 2.38. The second kappa shape index (κ2) is 9.39.